The molecule has 0 unspecified atom stereocenters. The van der Waals surface area contributed by atoms with Gasteiger partial charge in [0.05, 0.1) is 11.3 Å². The second-order valence-corrected chi connectivity index (χ2v) is 4.83. The molecule has 4 rings (SSSR count). The Morgan fingerprint density at radius 3 is 2.68 bits per heavy atom. The zero-order valence-electron chi connectivity index (χ0n) is 10.3. The molecule has 19 heavy (non-hydrogen) atoms. The summed E-state index contributed by atoms with van der Waals surface area (Å²) in [7, 11) is 1.62. The van der Waals surface area contributed by atoms with Crippen LogP contribution in [0.3, 0.4) is 0 Å². The van der Waals surface area contributed by atoms with Crippen molar-refractivity contribution in [3.05, 3.63) is 53.8 Å². The molecule has 0 saturated carbocycles. The zero-order chi connectivity index (χ0) is 13.1. The van der Waals surface area contributed by atoms with Crippen molar-refractivity contribution in [1.82, 2.24) is 0 Å². The fourth-order valence-electron chi connectivity index (χ4n) is 2.94. The SMILES string of the molecule is CN1C(=O)c2cc3ccccc3c3ccc(F)c1c23. The monoisotopic (exact) mass is 251 g/mol. The van der Waals surface area contributed by atoms with Gasteiger partial charge in [-0.15, -0.1) is 0 Å². The second-order valence-electron chi connectivity index (χ2n) is 4.83. The van der Waals surface area contributed by atoms with Crippen molar-refractivity contribution in [2.75, 3.05) is 11.9 Å². The summed E-state index contributed by atoms with van der Waals surface area (Å²) >= 11 is 0. The van der Waals surface area contributed by atoms with E-state index >= 15 is 0 Å². The number of rotatable bonds is 0. The molecule has 0 aromatic heterocycles. The van der Waals surface area contributed by atoms with Crippen LogP contribution in [0.4, 0.5) is 10.1 Å². The first-order valence-corrected chi connectivity index (χ1v) is 6.10. The van der Waals surface area contributed by atoms with E-state index in [4.69, 9.17) is 0 Å². The molecule has 0 spiro atoms. The van der Waals surface area contributed by atoms with Crippen LogP contribution in [0.15, 0.2) is 42.5 Å². The van der Waals surface area contributed by atoms with Gasteiger partial charge in [-0.3, -0.25) is 4.79 Å². The van der Waals surface area contributed by atoms with E-state index in [0.29, 0.717) is 11.3 Å². The molecular weight excluding hydrogens is 241 g/mol. The summed E-state index contributed by atoms with van der Waals surface area (Å²) in [6.45, 7) is 0. The number of benzene rings is 3. The number of fused-ring (bicyclic) bond motifs is 2. The van der Waals surface area contributed by atoms with Gasteiger partial charge < -0.3 is 4.90 Å². The quantitative estimate of drug-likeness (QED) is 0.557. The van der Waals surface area contributed by atoms with Crippen LogP contribution in [-0.2, 0) is 0 Å². The van der Waals surface area contributed by atoms with Crippen molar-refractivity contribution in [2.24, 2.45) is 0 Å². The van der Waals surface area contributed by atoms with Crippen molar-refractivity contribution in [3.63, 3.8) is 0 Å². The molecule has 0 radical (unpaired) electrons. The fourth-order valence-corrected chi connectivity index (χ4v) is 2.94. The molecule has 3 aromatic rings. The molecular formula is C16H10FNO. The van der Waals surface area contributed by atoms with Gasteiger partial charge in [-0.1, -0.05) is 30.3 Å². The summed E-state index contributed by atoms with van der Waals surface area (Å²) in [5.41, 5.74) is 0.981. The molecule has 0 atom stereocenters. The van der Waals surface area contributed by atoms with Crippen LogP contribution in [-0.4, -0.2) is 13.0 Å². The van der Waals surface area contributed by atoms with Gasteiger partial charge in [-0.25, -0.2) is 4.39 Å². The van der Waals surface area contributed by atoms with Gasteiger partial charge in [0.15, 0.2) is 0 Å². The van der Waals surface area contributed by atoms with Gasteiger partial charge in [0.1, 0.15) is 5.82 Å². The number of amides is 1. The van der Waals surface area contributed by atoms with Gasteiger partial charge in [-0.05, 0) is 28.3 Å². The lowest BCUT2D eigenvalue weighted by Crippen LogP contribution is -2.21. The van der Waals surface area contributed by atoms with Gasteiger partial charge >= 0.3 is 0 Å². The first-order valence-electron chi connectivity index (χ1n) is 6.10. The summed E-state index contributed by atoms with van der Waals surface area (Å²) in [6.07, 6.45) is 0. The Bertz CT molecular complexity index is 869. The third-order valence-electron chi connectivity index (χ3n) is 3.82. The van der Waals surface area contributed by atoms with Crippen LogP contribution in [0.2, 0.25) is 0 Å². The van der Waals surface area contributed by atoms with Crippen LogP contribution in [0.5, 0.6) is 0 Å². The molecule has 1 heterocycles. The number of carbonyl (C=O) groups is 1. The minimum Gasteiger partial charge on any atom is -0.308 e. The van der Waals surface area contributed by atoms with E-state index in [1.165, 1.54) is 11.0 Å². The summed E-state index contributed by atoms with van der Waals surface area (Å²) < 4.78 is 14.0. The molecule has 0 N–H and O–H groups in total. The number of hydrogen-bond donors (Lipinski definition) is 0. The van der Waals surface area contributed by atoms with E-state index in [9.17, 15) is 9.18 Å². The highest BCUT2D eigenvalue weighted by molar-refractivity contribution is 6.29. The van der Waals surface area contributed by atoms with Crippen LogP contribution in [0.25, 0.3) is 21.5 Å². The predicted octanol–water partition coefficient (Wildman–Crippen LogP) is 3.72. The minimum absolute atomic E-state index is 0.143. The van der Waals surface area contributed by atoms with Gasteiger partial charge in [-0.2, -0.15) is 0 Å². The maximum Gasteiger partial charge on any atom is 0.258 e. The molecule has 1 amide bonds. The molecule has 3 aromatic carbocycles. The standard InChI is InChI=1S/C16H10FNO/c1-18-15-13(17)7-6-11-10-5-3-2-4-9(10)8-12(14(11)15)16(18)19/h2-8H,1H3. The largest absolute Gasteiger partial charge is 0.308 e. The van der Waals surface area contributed by atoms with Gasteiger partial charge in [0.25, 0.3) is 5.91 Å². The Hall–Kier alpha value is -2.42. The minimum atomic E-state index is -0.350. The second kappa shape index (κ2) is 3.32. The Labute approximate surface area is 109 Å². The van der Waals surface area contributed by atoms with Crippen LogP contribution < -0.4 is 4.90 Å². The zero-order valence-corrected chi connectivity index (χ0v) is 10.3. The molecule has 0 aliphatic carbocycles. The lowest BCUT2D eigenvalue weighted by atomic mass is 9.98. The van der Waals surface area contributed by atoms with Crippen molar-refractivity contribution < 1.29 is 9.18 Å². The molecule has 3 heteroatoms. The average Bonchev–Trinajstić information content (AvgIpc) is 2.68. The van der Waals surface area contributed by atoms with Crippen molar-refractivity contribution >= 4 is 33.1 Å². The molecule has 92 valence electrons. The molecule has 0 fully saturated rings. The Balaban J connectivity index is 2.34. The van der Waals surface area contributed by atoms with Crippen molar-refractivity contribution in [3.8, 4) is 0 Å². The van der Waals surface area contributed by atoms with Crippen molar-refractivity contribution in [1.29, 1.82) is 0 Å². The summed E-state index contributed by atoms with van der Waals surface area (Å²) in [5.74, 6) is -0.492. The maximum absolute atomic E-state index is 14.0. The Morgan fingerprint density at radius 2 is 1.84 bits per heavy atom. The normalized spacial score (nSPS) is 13.8. The number of carbonyl (C=O) groups excluding carboxylic acids is 1. The molecule has 0 bridgehead atoms. The number of anilines is 1. The molecule has 1 aliphatic heterocycles. The number of hydrogen-bond acceptors (Lipinski definition) is 1. The van der Waals surface area contributed by atoms with E-state index in [0.717, 1.165) is 21.5 Å². The van der Waals surface area contributed by atoms with Crippen LogP contribution in [0.1, 0.15) is 10.4 Å². The fraction of sp³-hybridized carbons (Fsp3) is 0.0625. The lowest BCUT2D eigenvalue weighted by Gasteiger charge is -2.10. The smallest absolute Gasteiger partial charge is 0.258 e. The summed E-state index contributed by atoms with van der Waals surface area (Å²) in [6, 6.07) is 12.9. The van der Waals surface area contributed by atoms with E-state index < -0.39 is 0 Å². The van der Waals surface area contributed by atoms with Crippen molar-refractivity contribution in [2.45, 2.75) is 0 Å². The van der Waals surface area contributed by atoms with E-state index in [2.05, 4.69) is 0 Å². The Kier molecular flexibility index (Phi) is 1.83. The predicted molar refractivity (Wildman–Crippen MR) is 74.1 cm³/mol. The lowest BCUT2D eigenvalue weighted by molar-refractivity contribution is 0.0998. The maximum atomic E-state index is 14.0. The average molecular weight is 251 g/mol. The third kappa shape index (κ3) is 1.17. The molecule has 2 nitrogen and oxygen atoms in total. The highest BCUT2D eigenvalue weighted by atomic mass is 19.1. The van der Waals surface area contributed by atoms with E-state index in [1.54, 1.807) is 13.1 Å². The summed E-state index contributed by atoms with van der Waals surface area (Å²) in [4.78, 5) is 13.6. The highest BCUT2D eigenvalue weighted by Gasteiger charge is 2.30. The van der Waals surface area contributed by atoms with Crippen LogP contribution >= 0.6 is 0 Å². The molecule has 1 aliphatic rings. The number of halogens is 1. The van der Waals surface area contributed by atoms with Gasteiger partial charge in [0, 0.05) is 12.4 Å². The first kappa shape index (κ1) is 10.5. The topological polar surface area (TPSA) is 20.3 Å². The third-order valence-corrected chi connectivity index (χ3v) is 3.82. The van der Waals surface area contributed by atoms with E-state index in [1.807, 2.05) is 30.3 Å². The summed E-state index contributed by atoms with van der Waals surface area (Å²) in [5, 5.41) is 3.71. The number of nitrogens with zero attached hydrogens (tertiary/aromatic N) is 1. The molecule has 0 saturated heterocycles. The van der Waals surface area contributed by atoms with E-state index in [-0.39, 0.29) is 11.7 Å². The Morgan fingerprint density at radius 1 is 1.05 bits per heavy atom. The van der Waals surface area contributed by atoms with Crippen LogP contribution in [0, 0.1) is 5.82 Å². The first-order chi connectivity index (χ1) is 9.18. The van der Waals surface area contributed by atoms with Gasteiger partial charge in [0.2, 0.25) is 0 Å². The highest BCUT2D eigenvalue weighted by Crippen LogP contribution is 2.41.